The number of rotatable bonds is 3. The smallest absolute Gasteiger partial charge is 0.320 e. The molecule has 1 aliphatic rings. The Morgan fingerprint density at radius 1 is 0.941 bits per heavy atom. The zero-order valence-corrected chi connectivity index (χ0v) is 11.3. The molecule has 0 N–H and O–H groups in total. The van der Waals surface area contributed by atoms with Crippen molar-refractivity contribution >= 4 is 11.9 Å². The van der Waals surface area contributed by atoms with Crippen LogP contribution in [0.2, 0.25) is 0 Å². The molecule has 100 valence electrons. The van der Waals surface area contributed by atoms with Crippen LogP contribution in [-0.2, 0) is 19.1 Å². The van der Waals surface area contributed by atoms with Gasteiger partial charge in [-0.1, -0.05) is 33.1 Å². The normalized spacial score (nSPS) is 15.8. The van der Waals surface area contributed by atoms with Crippen LogP contribution in [-0.4, -0.2) is 26.2 Å². The van der Waals surface area contributed by atoms with Crippen molar-refractivity contribution in [3.8, 4) is 0 Å². The minimum Gasteiger partial charge on any atom is -0.468 e. The maximum absolute atomic E-state index is 11.5. The molecule has 1 aliphatic carbocycles. The van der Waals surface area contributed by atoms with E-state index < -0.39 is 17.9 Å². The fraction of sp³-hybridized carbons (Fsp3) is 0.846. The first-order chi connectivity index (χ1) is 8.20. The van der Waals surface area contributed by atoms with Crippen LogP contribution in [0.5, 0.6) is 0 Å². The molecule has 0 spiro atoms. The lowest BCUT2D eigenvalue weighted by Crippen LogP contribution is -2.34. The number of esters is 2. The topological polar surface area (TPSA) is 52.6 Å². The van der Waals surface area contributed by atoms with Crippen LogP contribution >= 0.6 is 0 Å². The van der Waals surface area contributed by atoms with Gasteiger partial charge in [0.05, 0.1) is 14.2 Å². The first-order valence-electron chi connectivity index (χ1n) is 6.36. The highest BCUT2D eigenvalue weighted by Crippen LogP contribution is 2.31. The third kappa shape index (κ3) is 4.75. The van der Waals surface area contributed by atoms with Gasteiger partial charge >= 0.3 is 11.9 Å². The summed E-state index contributed by atoms with van der Waals surface area (Å²) in [6.07, 6.45) is 5.17. The van der Waals surface area contributed by atoms with Crippen molar-refractivity contribution in [1.82, 2.24) is 0 Å². The molecule has 0 aliphatic heterocycles. The zero-order chi connectivity index (χ0) is 13.3. The molecule has 0 aromatic heterocycles. The molecule has 4 nitrogen and oxygen atoms in total. The van der Waals surface area contributed by atoms with E-state index in [1.165, 1.54) is 20.6 Å². The van der Waals surface area contributed by atoms with Gasteiger partial charge in [-0.05, 0) is 18.8 Å². The fourth-order valence-corrected chi connectivity index (χ4v) is 2.20. The van der Waals surface area contributed by atoms with Crippen molar-refractivity contribution in [2.45, 2.75) is 46.0 Å². The van der Waals surface area contributed by atoms with E-state index in [0.717, 1.165) is 25.7 Å². The standard InChI is InChI=1S/C11H18O4.C2H6/c1-14-10(12)9(11(13)15-2)8-6-4-3-5-7-8;1-2/h8-9H,3-7H2,1-2H3;1-2H3. The SMILES string of the molecule is CC.COC(=O)C(C(=O)OC)C1CCCCC1. The van der Waals surface area contributed by atoms with E-state index >= 15 is 0 Å². The highest BCUT2D eigenvalue weighted by atomic mass is 16.5. The van der Waals surface area contributed by atoms with Crippen molar-refractivity contribution in [2.75, 3.05) is 14.2 Å². The summed E-state index contributed by atoms with van der Waals surface area (Å²) in [5.74, 6) is -1.55. The lowest BCUT2D eigenvalue weighted by Gasteiger charge is -2.26. The summed E-state index contributed by atoms with van der Waals surface area (Å²) in [5.41, 5.74) is 0. The number of carbonyl (C=O) groups excluding carboxylic acids is 2. The van der Waals surface area contributed by atoms with Gasteiger partial charge in [0, 0.05) is 0 Å². The molecule has 4 heteroatoms. The molecular formula is C13H24O4. The third-order valence-electron chi connectivity index (χ3n) is 3.03. The Hall–Kier alpha value is -1.06. The molecule has 1 saturated carbocycles. The molecule has 1 fully saturated rings. The fourth-order valence-electron chi connectivity index (χ4n) is 2.20. The second-order valence-corrected chi connectivity index (χ2v) is 3.92. The van der Waals surface area contributed by atoms with Crippen molar-refractivity contribution in [3.63, 3.8) is 0 Å². The van der Waals surface area contributed by atoms with E-state index in [-0.39, 0.29) is 5.92 Å². The predicted octanol–water partition coefficient (Wildman–Crippen LogP) is 2.56. The van der Waals surface area contributed by atoms with E-state index in [1.54, 1.807) is 0 Å². The Morgan fingerprint density at radius 3 is 1.71 bits per heavy atom. The molecule has 0 unspecified atom stereocenters. The summed E-state index contributed by atoms with van der Waals surface area (Å²) >= 11 is 0. The molecule has 1 rings (SSSR count). The molecule has 0 heterocycles. The molecule has 0 bridgehead atoms. The minimum atomic E-state index is -0.722. The van der Waals surface area contributed by atoms with Gasteiger partial charge in [0.2, 0.25) is 0 Å². The van der Waals surface area contributed by atoms with Crippen molar-refractivity contribution in [1.29, 1.82) is 0 Å². The number of ether oxygens (including phenoxy) is 2. The van der Waals surface area contributed by atoms with Gasteiger partial charge < -0.3 is 9.47 Å². The average Bonchev–Trinajstić information content (AvgIpc) is 2.42. The Bertz CT molecular complexity index is 216. The van der Waals surface area contributed by atoms with Gasteiger partial charge in [0.25, 0.3) is 0 Å². The number of hydrogen-bond donors (Lipinski definition) is 0. The number of methoxy groups -OCH3 is 2. The van der Waals surface area contributed by atoms with Crippen molar-refractivity contribution in [2.24, 2.45) is 11.8 Å². The van der Waals surface area contributed by atoms with Crippen LogP contribution in [0.3, 0.4) is 0 Å². The van der Waals surface area contributed by atoms with Gasteiger partial charge in [-0.25, -0.2) is 0 Å². The van der Waals surface area contributed by atoms with E-state index in [1.807, 2.05) is 13.8 Å². The number of carbonyl (C=O) groups is 2. The Balaban J connectivity index is 0.00000121. The molecule has 17 heavy (non-hydrogen) atoms. The predicted molar refractivity (Wildman–Crippen MR) is 65.4 cm³/mol. The lowest BCUT2D eigenvalue weighted by atomic mass is 9.80. The summed E-state index contributed by atoms with van der Waals surface area (Å²) < 4.78 is 9.30. The van der Waals surface area contributed by atoms with E-state index in [4.69, 9.17) is 0 Å². The number of hydrogen-bond acceptors (Lipinski definition) is 4. The summed E-state index contributed by atoms with van der Waals surface area (Å²) in [4.78, 5) is 23.0. The highest BCUT2D eigenvalue weighted by Gasteiger charge is 2.37. The van der Waals surface area contributed by atoms with Crippen LogP contribution in [0, 0.1) is 11.8 Å². The van der Waals surface area contributed by atoms with Crippen LogP contribution in [0.1, 0.15) is 46.0 Å². The summed E-state index contributed by atoms with van der Waals surface area (Å²) in [7, 11) is 2.61. The van der Waals surface area contributed by atoms with E-state index in [0.29, 0.717) is 0 Å². The van der Waals surface area contributed by atoms with Crippen LogP contribution in [0.4, 0.5) is 0 Å². The monoisotopic (exact) mass is 244 g/mol. The van der Waals surface area contributed by atoms with Crippen molar-refractivity contribution in [3.05, 3.63) is 0 Å². The molecule has 0 amide bonds. The third-order valence-corrected chi connectivity index (χ3v) is 3.03. The Kier molecular flexibility index (Phi) is 8.46. The molecular weight excluding hydrogens is 220 g/mol. The van der Waals surface area contributed by atoms with Gasteiger partial charge in [0.15, 0.2) is 5.92 Å². The zero-order valence-electron chi connectivity index (χ0n) is 11.3. The average molecular weight is 244 g/mol. The lowest BCUT2D eigenvalue weighted by molar-refractivity contribution is -0.162. The molecule has 0 radical (unpaired) electrons. The van der Waals surface area contributed by atoms with E-state index in [2.05, 4.69) is 9.47 Å². The van der Waals surface area contributed by atoms with Gasteiger partial charge in [-0.15, -0.1) is 0 Å². The quantitative estimate of drug-likeness (QED) is 0.565. The summed E-state index contributed by atoms with van der Waals surface area (Å²) in [6.45, 7) is 4.00. The summed E-state index contributed by atoms with van der Waals surface area (Å²) in [5, 5.41) is 0. The Labute approximate surface area is 104 Å². The van der Waals surface area contributed by atoms with Crippen molar-refractivity contribution < 1.29 is 19.1 Å². The second kappa shape index (κ2) is 9.02. The molecule has 0 saturated heterocycles. The minimum absolute atomic E-state index is 0.0960. The molecule has 0 aromatic rings. The van der Waals surface area contributed by atoms with Crippen LogP contribution < -0.4 is 0 Å². The van der Waals surface area contributed by atoms with Gasteiger partial charge in [0.1, 0.15) is 0 Å². The Morgan fingerprint density at radius 2 is 1.35 bits per heavy atom. The van der Waals surface area contributed by atoms with Crippen LogP contribution in [0.25, 0.3) is 0 Å². The maximum Gasteiger partial charge on any atom is 0.320 e. The molecule has 0 aromatic carbocycles. The van der Waals surface area contributed by atoms with E-state index in [9.17, 15) is 9.59 Å². The van der Waals surface area contributed by atoms with Gasteiger partial charge in [-0.3, -0.25) is 9.59 Å². The van der Waals surface area contributed by atoms with Gasteiger partial charge in [-0.2, -0.15) is 0 Å². The largest absolute Gasteiger partial charge is 0.468 e. The second-order valence-electron chi connectivity index (χ2n) is 3.92. The van der Waals surface area contributed by atoms with Crippen LogP contribution in [0.15, 0.2) is 0 Å². The summed E-state index contributed by atoms with van der Waals surface area (Å²) in [6, 6.07) is 0. The highest BCUT2D eigenvalue weighted by molar-refractivity contribution is 5.95. The molecule has 0 atom stereocenters. The first kappa shape index (κ1) is 15.9. The first-order valence-corrected chi connectivity index (χ1v) is 6.36. The maximum atomic E-state index is 11.5.